The molecule has 0 fully saturated rings. The lowest BCUT2D eigenvalue weighted by molar-refractivity contribution is 0.627. The largest absolute Gasteiger partial charge is 0.284 e. The third kappa shape index (κ3) is 1.64. The molecule has 0 aliphatic heterocycles. The van der Waals surface area contributed by atoms with E-state index in [4.69, 9.17) is 0 Å². The van der Waals surface area contributed by atoms with Crippen LogP contribution in [0.5, 0.6) is 0 Å². The van der Waals surface area contributed by atoms with Crippen LogP contribution in [0.15, 0.2) is 40.8 Å². The Balaban J connectivity index is 2.39. The highest BCUT2D eigenvalue weighted by molar-refractivity contribution is 7.17. The fraction of sp³-hybridized carbons (Fsp3) is 0.154. The fourth-order valence-electron chi connectivity index (χ4n) is 1.93. The van der Waals surface area contributed by atoms with Crippen molar-refractivity contribution in [2.45, 2.75) is 13.5 Å². The molecule has 0 spiro atoms. The molecule has 0 saturated heterocycles. The van der Waals surface area contributed by atoms with E-state index in [0.717, 1.165) is 21.3 Å². The number of pyridine rings is 1. The number of thiophene rings is 1. The van der Waals surface area contributed by atoms with Crippen molar-refractivity contribution < 1.29 is 0 Å². The van der Waals surface area contributed by atoms with Gasteiger partial charge in [-0.3, -0.25) is 9.78 Å². The summed E-state index contributed by atoms with van der Waals surface area (Å²) < 4.78 is 2.26. The lowest BCUT2D eigenvalue weighted by atomic mass is 10.1. The van der Waals surface area contributed by atoms with Crippen molar-refractivity contribution in [2.75, 3.05) is 0 Å². The predicted octanol–water partition coefficient (Wildman–Crippen LogP) is 2.54. The van der Waals surface area contributed by atoms with Gasteiger partial charge in [-0.05, 0) is 30.5 Å². The Bertz CT molecular complexity index is 746. The number of nitrogens with zero attached hydrogens (tertiary/aromatic N) is 3. The van der Waals surface area contributed by atoms with Gasteiger partial charge in [0.15, 0.2) is 0 Å². The Morgan fingerprint density at radius 2 is 2.28 bits per heavy atom. The maximum Gasteiger partial charge on any atom is 0.284 e. The van der Waals surface area contributed by atoms with E-state index in [1.165, 1.54) is 16.0 Å². The minimum absolute atomic E-state index is 0.0184. The van der Waals surface area contributed by atoms with Crippen LogP contribution in [0.3, 0.4) is 0 Å². The first kappa shape index (κ1) is 11.1. The summed E-state index contributed by atoms with van der Waals surface area (Å²) in [5.74, 6) is 0. The van der Waals surface area contributed by atoms with Crippen LogP contribution in [-0.4, -0.2) is 14.8 Å². The van der Waals surface area contributed by atoms with E-state index >= 15 is 0 Å². The van der Waals surface area contributed by atoms with Crippen molar-refractivity contribution >= 4 is 21.4 Å². The third-order valence-corrected chi connectivity index (χ3v) is 3.71. The molecule has 0 radical (unpaired) electrons. The van der Waals surface area contributed by atoms with Crippen LogP contribution in [0, 0.1) is 0 Å². The van der Waals surface area contributed by atoms with E-state index in [9.17, 15) is 4.79 Å². The second-order valence-corrected chi connectivity index (χ2v) is 4.79. The van der Waals surface area contributed by atoms with Crippen LogP contribution in [-0.2, 0) is 6.54 Å². The van der Waals surface area contributed by atoms with Gasteiger partial charge >= 0.3 is 0 Å². The van der Waals surface area contributed by atoms with Gasteiger partial charge in [0.1, 0.15) is 10.4 Å². The molecular weight excluding hydrogens is 246 g/mol. The van der Waals surface area contributed by atoms with Crippen LogP contribution in [0.25, 0.3) is 21.3 Å². The van der Waals surface area contributed by atoms with Crippen molar-refractivity contribution in [3.8, 4) is 11.3 Å². The first-order valence-electron chi connectivity index (χ1n) is 5.70. The molecule has 90 valence electrons. The average Bonchev–Trinajstić information content (AvgIpc) is 2.90. The van der Waals surface area contributed by atoms with E-state index < -0.39 is 0 Å². The van der Waals surface area contributed by atoms with Crippen LogP contribution < -0.4 is 5.56 Å². The minimum Gasteiger partial charge on any atom is -0.266 e. The van der Waals surface area contributed by atoms with Crippen LogP contribution in [0.1, 0.15) is 6.92 Å². The summed E-state index contributed by atoms with van der Waals surface area (Å²) in [6.07, 6.45) is 3.49. The first-order valence-corrected chi connectivity index (χ1v) is 6.58. The maximum absolute atomic E-state index is 12.1. The highest BCUT2D eigenvalue weighted by Gasteiger charge is 2.12. The zero-order valence-electron chi connectivity index (χ0n) is 9.83. The van der Waals surface area contributed by atoms with Crippen LogP contribution in [0.4, 0.5) is 0 Å². The van der Waals surface area contributed by atoms with Gasteiger partial charge in [-0.25, -0.2) is 4.68 Å². The second-order valence-electron chi connectivity index (χ2n) is 3.87. The maximum atomic E-state index is 12.1. The van der Waals surface area contributed by atoms with E-state index in [0.29, 0.717) is 6.54 Å². The Morgan fingerprint density at radius 3 is 3.00 bits per heavy atom. The van der Waals surface area contributed by atoms with E-state index in [1.807, 2.05) is 30.5 Å². The SMILES string of the molecule is CCn1nc(-c2cccnc2)c2ccsc2c1=O. The Labute approximate surface area is 108 Å². The molecule has 18 heavy (non-hydrogen) atoms. The summed E-state index contributed by atoms with van der Waals surface area (Å²) in [7, 11) is 0. The molecule has 3 rings (SSSR count). The summed E-state index contributed by atoms with van der Waals surface area (Å²) in [5, 5.41) is 7.26. The first-order chi connectivity index (χ1) is 8.81. The van der Waals surface area contributed by atoms with Crippen LogP contribution >= 0.6 is 11.3 Å². The average molecular weight is 257 g/mol. The quantitative estimate of drug-likeness (QED) is 0.708. The van der Waals surface area contributed by atoms with Gasteiger partial charge in [-0.15, -0.1) is 11.3 Å². The summed E-state index contributed by atoms with van der Waals surface area (Å²) >= 11 is 1.46. The van der Waals surface area contributed by atoms with E-state index in [1.54, 1.807) is 12.4 Å². The Kier molecular flexibility index (Phi) is 2.68. The highest BCUT2D eigenvalue weighted by atomic mass is 32.1. The molecule has 0 bridgehead atoms. The highest BCUT2D eigenvalue weighted by Crippen LogP contribution is 2.26. The third-order valence-electron chi connectivity index (χ3n) is 2.80. The summed E-state index contributed by atoms with van der Waals surface area (Å²) in [4.78, 5) is 16.2. The lowest BCUT2D eigenvalue weighted by Gasteiger charge is -2.06. The van der Waals surface area contributed by atoms with E-state index in [-0.39, 0.29) is 5.56 Å². The van der Waals surface area contributed by atoms with Gasteiger partial charge < -0.3 is 0 Å². The van der Waals surface area contributed by atoms with Crippen molar-refractivity contribution in [1.29, 1.82) is 0 Å². The number of aromatic nitrogens is 3. The van der Waals surface area contributed by atoms with Crippen LogP contribution in [0.2, 0.25) is 0 Å². The molecule has 5 heteroatoms. The molecule has 0 saturated carbocycles. The molecule has 0 aliphatic rings. The van der Waals surface area contributed by atoms with Gasteiger partial charge in [0.05, 0.1) is 0 Å². The summed E-state index contributed by atoms with van der Waals surface area (Å²) in [6.45, 7) is 2.49. The molecule has 3 heterocycles. The van der Waals surface area contributed by atoms with Gasteiger partial charge in [-0.1, -0.05) is 0 Å². The number of fused-ring (bicyclic) bond motifs is 1. The molecular formula is C13H11N3OS. The molecule has 0 aliphatic carbocycles. The monoisotopic (exact) mass is 257 g/mol. The standard InChI is InChI=1S/C13H11N3OS/c1-2-16-13(17)12-10(5-7-18-12)11(15-16)9-4-3-6-14-8-9/h3-8H,2H2,1H3. The topological polar surface area (TPSA) is 47.8 Å². The molecule has 0 N–H and O–H groups in total. The number of hydrogen-bond acceptors (Lipinski definition) is 4. The Hall–Kier alpha value is -2.01. The van der Waals surface area contributed by atoms with Crippen molar-refractivity contribution in [2.24, 2.45) is 0 Å². The molecule has 0 atom stereocenters. The van der Waals surface area contributed by atoms with Crippen molar-refractivity contribution in [3.63, 3.8) is 0 Å². The smallest absolute Gasteiger partial charge is 0.266 e. The van der Waals surface area contributed by atoms with Gasteiger partial charge in [0.2, 0.25) is 0 Å². The number of hydrogen-bond donors (Lipinski definition) is 0. The zero-order chi connectivity index (χ0) is 12.5. The molecule has 3 aromatic heterocycles. The molecule has 0 amide bonds. The zero-order valence-corrected chi connectivity index (χ0v) is 10.6. The fourth-order valence-corrected chi connectivity index (χ4v) is 2.77. The molecule has 0 aromatic carbocycles. The van der Waals surface area contributed by atoms with Gasteiger partial charge in [0.25, 0.3) is 5.56 Å². The van der Waals surface area contributed by atoms with Crippen molar-refractivity contribution in [3.05, 3.63) is 46.3 Å². The summed E-state index contributed by atoms with van der Waals surface area (Å²) in [5.41, 5.74) is 1.74. The predicted molar refractivity (Wildman–Crippen MR) is 72.8 cm³/mol. The van der Waals surface area contributed by atoms with Crippen molar-refractivity contribution in [1.82, 2.24) is 14.8 Å². The Morgan fingerprint density at radius 1 is 1.39 bits per heavy atom. The summed E-state index contributed by atoms with van der Waals surface area (Å²) in [6, 6.07) is 5.77. The van der Waals surface area contributed by atoms with Gasteiger partial charge in [0, 0.05) is 29.9 Å². The second kappa shape index (κ2) is 4.34. The molecule has 4 nitrogen and oxygen atoms in total. The normalized spacial score (nSPS) is 10.9. The lowest BCUT2D eigenvalue weighted by Crippen LogP contribution is -2.21. The van der Waals surface area contributed by atoms with E-state index in [2.05, 4.69) is 10.1 Å². The van der Waals surface area contributed by atoms with Gasteiger partial charge in [-0.2, -0.15) is 5.10 Å². The number of rotatable bonds is 2. The molecule has 0 unspecified atom stereocenters. The minimum atomic E-state index is -0.0184. The molecule has 3 aromatic rings. The number of aryl methyl sites for hydroxylation is 1.